The van der Waals surface area contributed by atoms with Gasteiger partial charge < -0.3 is 11.1 Å². The number of hydrogen-bond donors (Lipinski definition) is 2. The van der Waals surface area contributed by atoms with E-state index in [2.05, 4.69) is 35.2 Å². The molecule has 0 aliphatic carbocycles. The number of rotatable bonds is 8. The van der Waals surface area contributed by atoms with Gasteiger partial charge in [-0.3, -0.25) is 34.7 Å². The molecule has 6 rings (SSSR count). The van der Waals surface area contributed by atoms with Crippen molar-refractivity contribution >= 4 is 5.91 Å². The van der Waals surface area contributed by atoms with Crippen LogP contribution < -0.4 is 11.1 Å². The molecular weight excluding hydrogens is 662 g/mol. The Kier molecular flexibility index (Phi) is 15.5. The molecule has 9 nitrogen and oxygen atoms in total. The monoisotopic (exact) mass is 698 g/mol. The van der Waals surface area contributed by atoms with Gasteiger partial charge in [-0.25, -0.2) is 0 Å². The summed E-state index contributed by atoms with van der Waals surface area (Å²) in [7, 11) is 0. The standard InChI is InChI=1S/C16H20N4O.2C10H8N2.Ru/c1-12-4-8-18-14(10-12)15-11-13(5-9-19-15)16(21)20-7-3-2-6-17;2*1-3-7-11-9(5-1)10-6-2-4-8-12-10;/h4-5,8-11H,2-3,6-7,17H2,1H3,(H,20,21);2*1-8H;. The molecule has 0 bridgehead atoms. The van der Waals surface area contributed by atoms with Gasteiger partial charge in [0.2, 0.25) is 0 Å². The van der Waals surface area contributed by atoms with Crippen molar-refractivity contribution in [1.29, 1.82) is 0 Å². The van der Waals surface area contributed by atoms with Gasteiger partial charge in [0.15, 0.2) is 0 Å². The van der Waals surface area contributed by atoms with Gasteiger partial charge in [-0.1, -0.05) is 24.3 Å². The maximum Gasteiger partial charge on any atom is 0.251 e. The zero-order valence-corrected chi connectivity index (χ0v) is 27.3. The van der Waals surface area contributed by atoms with E-state index in [4.69, 9.17) is 5.73 Å². The molecule has 0 spiro atoms. The molecule has 1 amide bonds. The number of hydrogen-bond acceptors (Lipinski definition) is 8. The third-order valence-corrected chi connectivity index (χ3v) is 6.30. The number of unbranched alkanes of at least 4 members (excludes halogenated alkanes) is 1. The van der Waals surface area contributed by atoms with Gasteiger partial charge >= 0.3 is 0 Å². The van der Waals surface area contributed by atoms with Crippen LogP contribution in [0, 0.1) is 6.92 Å². The Hall–Kier alpha value is -5.05. The van der Waals surface area contributed by atoms with Crippen LogP contribution in [-0.2, 0) is 19.5 Å². The van der Waals surface area contributed by atoms with Crippen molar-refractivity contribution in [1.82, 2.24) is 35.2 Å². The number of pyridine rings is 6. The molecule has 0 radical (unpaired) electrons. The van der Waals surface area contributed by atoms with Crippen molar-refractivity contribution in [2.45, 2.75) is 19.8 Å². The van der Waals surface area contributed by atoms with Gasteiger partial charge in [0.1, 0.15) is 0 Å². The predicted molar refractivity (Wildman–Crippen MR) is 178 cm³/mol. The van der Waals surface area contributed by atoms with Gasteiger partial charge in [-0.2, -0.15) is 0 Å². The molecule has 6 aromatic heterocycles. The van der Waals surface area contributed by atoms with Crippen molar-refractivity contribution in [3.63, 3.8) is 0 Å². The molecule has 0 aliphatic rings. The number of aromatic nitrogens is 6. The van der Waals surface area contributed by atoms with Crippen LogP contribution in [0.2, 0.25) is 0 Å². The maximum atomic E-state index is 12.1. The van der Waals surface area contributed by atoms with E-state index in [1.165, 1.54) is 0 Å². The Balaban J connectivity index is 0.000000197. The van der Waals surface area contributed by atoms with Gasteiger partial charge in [0, 0.05) is 68.8 Å². The molecule has 6 heterocycles. The molecule has 6 aromatic rings. The van der Waals surface area contributed by atoms with Gasteiger partial charge in [0.25, 0.3) is 5.91 Å². The summed E-state index contributed by atoms with van der Waals surface area (Å²) < 4.78 is 0. The zero-order chi connectivity index (χ0) is 31.5. The van der Waals surface area contributed by atoms with E-state index in [0.717, 1.165) is 46.9 Å². The third kappa shape index (κ3) is 11.8. The van der Waals surface area contributed by atoms with E-state index < -0.39 is 0 Å². The minimum Gasteiger partial charge on any atom is -0.352 e. The fraction of sp³-hybridized carbons (Fsp3) is 0.139. The first-order valence-electron chi connectivity index (χ1n) is 14.7. The average Bonchev–Trinajstić information content (AvgIpc) is 3.12. The molecular formula is C36H36N8ORu. The van der Waals surface area contributed by atoms with Crippen LogP contribution in [0.1, 0.15) is 28.8 Å². The Morgan fingerprint density at radius 2 is 1.00 bits per heavy atom. The fourth-order valence-electron chi connectivity index (χ4n) is 4.02. The summed E-state index contributed by atoms with van der Waals surface area (Å²) in [4.78, 5) is 37.4. The quantitative estimate of drug-likeness (QED) is 0.142. The van der Waals surface area contributed by atoms with E-state index in [0.29, 0.717) is 24.3 Å². The Morgan fingerprint density at radius 1 is 0.565 bits per heavy atom. The fourth-order valence-corrected chi connectivity index (χ4v) is 4.02. The summed E-state index contributed by atoms with van der Waals surface area (Å²) in [6, 6.07) is 30.5. The second-order valence-electron chi connectivity index (χ2n) is 9.76. The van der Waals surface area contributed by atoms with Crippen LogP contribution in [0.4, 0.5) is 0 Å². The number of aryl methyl sites for hydroxylation is 1. The van der Waals surface area contributed by atoms with E-state index in [1.54, 1.807) is 49.3 Å². The van der Waals surface area contributed by atoms with Crippen molar-refractivity contribution in [2.75, 3.05) is 13.1 Å². The molecule has 0 saturated carbocycles. The molecule has 0 aliphatic heterocycles. The van der Waals surface area contributed by atoms with Crippen molar-refractivity contribution in [2.24, 2.45) is 5.73 Å². The smallest absolute Gasteiger partial charge is 0.251 e. The second-order valence-corrected chi connectivity index (χ2v) is 9.76. The Morgan fingerprint density at radius 3 is 1.41 bits per heavy atom. The minimum atomic E-state index is -0.0941. The van der Waals surface area contributed by atoms with Gasteiger partial charge in [0.05, 0.1) is 34.2 Å². The summed E-state index contributed by atoms with van der Waals surface area (Å²) in [6.45, 7) is 3.28. The summed E-state index contributed by atoms with van der Waals surface area (Å²) in [6.07, 6.45) is 12.2. The maximum absolute atomic E-state index is 12.1. The number of carbonyl (C=O) groups is 1. The molecule has 0 unspecified atom stereocenters. The first-order chi connectivity index (χ1) is 22.1. The number of carbonyl (C=O) groups excluding carboxylic acids is 1. The Bertz CT molecular complexity index is 1560. The summed E-state index contributed by atoms with van der Waals surface area (Å²) >= 11 is 0. The van der Waals surface area contributed by atoms with Crippen LogP contribution in [0.5, 0.6) is 0 Å². The van der Waals surface area contributed by atoms with E-state index in [-0.39, 0.29) is 25.4 Å². The van der Waals surface area contributed by atoms with Crippen LogP contribution in [0.15, 0.2) is 134 Å². The first-order valence-corrected chi connectivity index (χ1v) is 14.7. The Labute approximate surface area is 282 Å². The van der Waals surface area contributed by atoms with Gasteiger partial charge in [-0.05, 0) is 105 Å². The van der Waals surface area contributed by atoms with Crippen LogP contribution in [-0.4, -0.2) is 48.9 Å². The number of nitrogens with one attached hydrogen (secondary N) is 1. The molecule has 3 N–H and O–H groups in total. The zero-order valence-electron chi connectivity index (χ0n) is 25.6. The molecule has 0 atom stereocenters. The topological polar surface area (TPSA) is 132 Å². The minimum absolute atomic E-state index is 0. The molecule has 46 heavy (non-hydrogen) atoms. The molecule has 0 fully saturated rings. The SMILES string of the molecule is Cc1ccnc(-c2cc(C(=O)NCCCCN)ccn2)c1.[Ru].c1ccc(-c2ccccn2)nc1.c1ccc(-c2ccccn2)nc1. The average molecular weight is 698 g/mol. The summed E-state index contributed by atoms with van der Waals surface area (Å²) in [5.74, 6) is -0.0941. The molecule has 234 valence electrons. The third-order valence-electron chi connectivity index (χ3n) is 6.30. The molecule has 10 heteroatoms. The van der Waals surface area contributed by atoms with Crippen LogP contribution >= 0.6 is 0 Å². The number of nitrogens with two attached hydrogens (primary N) is 1. The van der Waals surface area contributed by atoms with Crippen LogP contribution in [0.3, 0.4) is 0 Å². The predicted octanol–water partition coefficient (Wildman–Crippen LogP) is 6.21. The van der Waals surface area contributed by atoms with E-state index in [9.17, 15) is 4.79 Å². The summed E-state index contributed by atoms with van der Waals surface area (Å²) in [5, 5.41) is 2.88. The summed E-state index contributed by atoms with van der Waals surface area (Å²) in [5.41, 5.74) is 12.3. The molecule has 0 saturated heterocycles. The number of amides is 1. The second kappa shape index (κ2) is 20.1. The van der Waals surface area contributed by atoms with Crippen molar-refractivity contribution in [3.05, 3.63) is 145 Å². The molecule has 0 aromatic carbocycles. The van der Waals surface area contributed by atoms with Crippen molar-refractivity contribution < 1.29 is 24.3 Å². The van der Waals surface area contributed by atoms with Crippen LogP contribution in [0.25, 0.3) is 34.2 Å². The van der Waals surface area contributed by atoms with E-state index >= 15 is 0 Å². The van der Waals surface area contributed by atoms with Crippen molar-refractivity contribution in [3.8, 4) is 34.2 Å². The van der Waals surface area contributed by atoms with Gasteiger partial charge in [-0.15, -0.1) is 0 Å². The van der Waals surface area contributed by atoms with E-state index in [1.807, 2.05) is 91.9 Å². The normalized spacial score (nSPS) is 9.78. The first kappa shape index (κ1) is 35.4. The number of nitrogens with zero attached hydrogens (tertiary/aromatic N) is 6. The largest absolute Gasteiger partial charge is 0.352 e.